The summed E-state index contributed by atoms with van der Waals surface area (Å²) >= 11 is 0. The van der Waals surface area contributed by atoms with Crippen LogP contribution < -0.4 is 5.32 Å². The standard InChI is InChI=1S/C22H25N3/c1-15-9-10-20-18(13-15)21(23-11-6-12-25(2)3)19-14-16-7-4-5-8-17(16)22(19)24-20/h4-5,7-10,13H,6,11-12,14H2,1-3H3,(H,23,24). The molecule has 0 atom stereocenters. The quantitative estimate of drug-likeness (QED) is 0.547. The van der Waals surface area contributed by atoms with E-state index in [1.165, 1.54) is 33.3 Å². The molecule has 0 unspecified atom stereocenters. The molecule has 4 rings (SSSR count). The van der Waals surface area contributed by atoms with Crippen molar-refractivity contribution in [1.82, 2.24) is 9.88 Å². The average molecular weight is 331 g/mol. The third-order valence-corrected chi connectivity index (χ3v) is 4.96. The average Bonchev–Trinajstić information content (AvgIpc) is 2.96. The van der Waals surface area contributed by atoms with Gasteiger partial charge in [-0.05, 0) is 51.7 Å². The van der Waals surface area contributed by atoms with Crippen LogP contribution in [0.3, 0.4) is 0 Å². The number of aromatic nitrogens is 1. The Labute approximate surface area is 149 Å². The summed E-state index contributed by atoms with van der Waals surface area (Å²) in [4.78, 5) is 7.24. The number of fused-ring (bicyclic) bond motifs is 4. The van der Waals surface area contributed by atoms with Gasteiger partial charge in [0, 0.05) is 35.2 Å². The predicted molar refractivity (Wildman–Crippen MR) is 106 cm³/mol. The SMILES string of the molecule is Cc1ccc2nc3c(c(NCCCN(C)C)c2c1)Cc1ccccc1-3. The summed E-state index contributed by atoms with van der Waals surface area (Å²) in [5.74, 6) is 0. The van der Waals surface area contributed by atoms with Crippen LogP contribution in [0.1, 0.15) is 23.1 Å². The second-order valence-electron chi connectivity index (χ2n) is 7.25. The van der Waals surface area contributed by atoms with Crippen LogP contribution in [0.2, 0.25) is 0 Å². The zero-order valence-electron chi connectivity index (χ0n) is 15.3. The number of aryl methyl sites for hydroxylation is 1. The molecule has 2 aromatic carbocycles. The molecule has 0 saturated heterocycles. The fourth-order valence-corrected chi connectivity index (χ4v) is 3.72. The minimum atomic E-state index is 0.971. The van der Waals surface area contributed by atoms with Crippen molar-refractivity contribution >= 4 is 16.6 Å². The molecule has 0 aliphatic heterocycles. The number of rotatable bonds is 5. The van der Waals surface area contributed by atoms with Crippen molar-refractivity contribution in [3.8, 4) is 11.3 Å². The van der Waals surface area contributed by atoms with Crippen LogP contribution in [-0.2, 0) is 6.42 Å². The van der Waals surface area contributed by atoms with Gasteiger partial charge in [-0.2, -0.15) is 0 Å². The van der Waals surface area contributed by atoms with Crippen molar-refractivity contribution in [3.63, 3.8) is 0 Å². The van der Waals surface area contributed by atoms with Gasteiger partial charge in [-0.1, -0.05) is 35.9 Å². The smallest absolute Gasteiger partial charge is 0.0768 e. The van der Waals surface area contributed by atoms with Gasteiger partial charge in [-0.15, -0.1) is 0 Å². The Morgan fingerprint density at radius 3 is 2.80 bits per heavy atom. The van der Waals surface area contributed by atoms with Crippen molar-refractivity contribution < 1.29 is 0 Å². The molecule has 0 saturated carbocycles. The summed E-state index contributed by atoms with van der Waals surface area (Å²) in [5, 5.41) is 4.99. The molecule has 3 nitrogen and oxygen atoms in total. The lowest BCUT2D eigenvalue weighted by Gasteiger charge is -2.16. The van der Waals surface area contributed by atoms with Crippen LogP contribution in [0.4, 0.5) is 5.69 Å². The lowest BCUT2D eigenvalue weighted by molar-refractivity contribution is 0.405. The van der Waals surface area contributed by atoms with E-state index in [2.05, 4.69) is 73.7 Å². The molecular weight excluding hydrogens is 306 g/mol. The molecule has 3 aromatic rings. The monoisotopic (exact) mass is 331 g/mol. The van der Waals surface area contributed by atoms with Gasteiger partial charge in [-0.3, -0.25) is 0 Å². The number of pyridine rings is 1. The Morgan fingerprint density at radius 1 is 1.12 bits per heavy atom. The number of nitrogens with zero attached hydrogens (tertiary/aromatic N) is 2. The Hall–Kier alpha value is -2.39. The Kier molecular flexibility index (Phi) is 4.18. The lowest BCUT2D eigenvalue weighted by atomic mass is 10.0. The van der Waals surface area contributed by atoms with E-state index in [4.69, 9.17) is 4.98 Å². The number of benzene rings is 2. The molecule has 1 N–H and O–H groups in total. The van der Waals surface area contributed by atoms with Crippen LogP contribution in [-0.4, -0.2) is 37.1 Å². The van der Waals surface area contributed by atoms with E-state index in [0.29, 0.717) is 0 Å². The van der Waals surface area contributed by atoms with E-state index < -0.39 is 0 Å². The molecular formula is C22H25N3. The lowest BCUT2D eigenvalue weighted by Crippen LogP contribution is -2.17. The summed E-state index contributed by atoms with van der Waals surface area (Å²) in [6.07, 6.45) is 2.10. The molecule has 128 valence electrons. The van der Waals surface area contributed by atoms with Crippen LogP contribution in [0.5, 0.6) is 0 Å². The van der Waals surface area contributed by atoms with Gasteiger partial charge >= 0.3 is 0 Å². The van der Waals surface area contributed by atoms with Crippen LogP contribution >= 0.6 is 0 Å². The fraction of sp³-hybridized carbons (Fsp3) is 0.318. The third-order valence-electron chi connectivity index (χ3n) is 4.96. The van der Waals surface area contributed by atoms with Crippen molar-refractivity contribution in [2.45, 2.75) is 19.8 Å². The first kappa shape index (κ1) is 16.1. The van der Waals surface area contributed by atoms with Gasteiger partial charge in [0.1, 0.15) is 0 Å². The largest absolute Gasteiger partial charge is 0.384 e. The highest BCUT2D eigenvalue weighted by Gasteiger charge is 2.24. The van der Waals surface area contributed by atoms with Gasteiger partial charge in [0.05, 0.1) is 11.2 Å². The van der Waals surface area contributed by atoms with Crippen molar-refractivity contribution in [2.75, 3.05) is 32.5 Å². The maximum absolute atomic E-state index is 5.01. The highest BCUT2D eigenvalue weighted by molar-refractivity contribution is 5.98. The van der Waals surface area contributed by atoms with E-state index in [9.17, 15) is 0 Å². The summed E-state index contributed by atoms with van der Waals surface area (Å²) in [6, 6.07) is 15.2. The number of nitrogens with one attached hydrogen (secondary N) is 1. The summed E-state index contributed by atoms with van der Waals surface area (Å²) in [5.41, 5.74) is 8.81. The van der Waals surface area contributed by atoms with E-state index in [1.54, 1.807) is 0 Å². The molecule has 3 heteroatoms. The molecule has 1 aliphatic carbocycles. The van der Waals surface area contributed by atoms with E-state index in [0.717, 1.165) is 37.1 Å². The molecule has 0 amide bonds. The summed E-state index contributed by atoms with van der Waals surface area (Å²) in [7, 11) is 4.25. The topological polar surface area (TPSA) is 28.2 Å². The van der Waals surface area contributed by atoms with Crippen molar-refractivity contribution in [1.29, 1.82) is 0 Å². The molecule has 1 aromatic heterocycles. The molecule has 1 heterocycles. The van der Waals surface area contributed by atoms with Gasteiger partial charge in [-0.25, -0.2) is 4.98 Å². The van der Waals surface area contributed by atoms with Crippen molar-refractivity contribution in [2.24, 2.45) is 0 Å². The first-order valence-electron chi connectivity index (χ1n) is 9.03. The van der Waals surface area contributed by atoms with Crippen LogP contribution in [0.15, 0.2) is 42.5 Å². The Balaban J connectivity index is 1.79. The zero-order valence-corrected chi connectivity index (χ0v) is 15.3. The molecule has 25 heavy (non-hydrogen) atoms. The normalized spacial score (nSPS) is 12.5. The van der Waals surface area contributed by atoms with E-state index in [-0.39, 0.29) is 0 Å². The maximum atomic E-state index is 5.01. The molecule has 0 spiro atoms. The number of anilines is 1. The first-order valence-corrected chi connectivity index (χ1v) is 9.03. The van der Waals surface area contributed by atoms with Gasteiger partial charge in [0.2, 0.25) is 0 Å². The molecule has 0 bridgehead atoms. The number of hydrogen-bond donors (Lipinski definition) is 1. The summed E-state index contributed by atoms with van der Waals surface area (Å²) in [6.45, 7) is 4.22. The van der Waals surface area contributed by atoms with Crippen molar-refractivity contribution in [3.05, 3.63) is 59.2 Å². The minimum Gasteiger partial charge on any atom is -0.384 e. The van der Waals surface area contributed by atoms with Crippen LogP contribution in [0, 0.1) is 6.92 Å². The Morgan fingerprint density at radius 2 is 1.96 bits per heavy atom. The third kappa shape index (κ3) is 3.00. The fourth-order valence-electron chi connectivity index (χ4n) is 3.72. The van der Waals surface area contributed by atoms with E-state index >= 15 is 0 Å². The summed E-state index contributed by atoms with van der Waals surface area (Å²) < 4.78 is 0. The first-order chi connectivity index (χ1) is 12.1. The zero-order chi connectivity index (χ0) is 17.4. The van der Waals surface area contributed by atoms with Gasteiger partial charge in [0.15, 0.2) is 0 Å². The van der Waals surface area contributed by atoms with Gasteiger partial charge < -0.3 is 10.2 Å². The predicted octanol–water partition coefficient (Wildman–Crippen LogP) is 4.48. The van der Waals surface area contributed by atoms with E-state index in [1.807, 2.05) is 0 Å². The molecule has 1 aliphatic rings. The number of hydrogen-bond acceptors (Lipinski definition) is 3. The second kappa shape index (κ2) is 6.49. The minimum absolute atomic E-state index is 0.971. The second-order valence-corrected chi connectivity index (χ2v) is 7.25. The molecule has 0 fully saturated rings. The van der Waals surface area contributed by atoms with Gasteiger partial charge in [0.25, 0.3) is 0 Å². The Bertz CT molecular complexity index is 928. The van der Waals surface area contributed by atoms with Crippen LogP contribution in [0.25, 0.3) is 22.2 Å². The highest BCUT2D eigenvalue weighted by atomic mass is 15.1. The maximum Gasteiger partial charge on any atom is 0.0768 e. The highest BCUT2D eigenvalue weighted by Crippen LogP contribution is 2.42. The molecule has 0 radical (unpaired) electrons.